The van der Waals surface area contributed by atoms with Crippen molar-refractivity contribution in [2.75, 3.05) is 4.90 Å². The fourth-order valence-corrected chi connectivity index (χ4v) is 13.8. The van der Waals surface area contributed by atoms with E-state index < -0.39 is 8.07 Å². The van der Waals surface area contributed by atoms with Gasteiger partial charge in [0, 0.05) is 17.1 Å². The van der Waals surface area contributed by atoms with Crippen LogP contribution in [-0.2, 0) is 0 Å². The Morgan fingerprint density at radius 3 is 1.17 bits per heavy atom. The molecule has 0 saturated heterocycles. The van der Waals surface area contributed by atoms with Gasteiger partial charge in [0.05, 0.1) is 0 Å². The summed E-state index contributed by atoms with van der Waals surface area (Å²) in [7, 11) is -2.59. The van der Waals surface area contributed by atoms with Gasteiger partial charge in [-0.05, 0) is 101 Å². The van der Waals surface area contributed by atoms with Crippen molar-refractivity contribution in [1.29, 1.82) is 0 Å². The summed E-state index contributed by atoms with van der Waals surface area (Å²) in [5.41, 5.74) is 10.6. The molecule has 0 unspecified atom stereocenters. The van der Waals surface area contributed by atoms with Crippen molar-refractivity contribution in [3.05, 3.63) is 261 Å². The van der Waals surface area contributed by atoms with Crippen molar-refractivity contribution >= 4 is 56.7 Å². The van der Waals surface area contributed by atoms with Gasteiger partial charge in [0.25, 0.3) is 0 Å². The van der Waals surface area contributed by atoms with Crippen LogP contribution in [0.15, 0.2) is 261 Å². The minimum absolute atomic E-state index is 1.10. The molecule has 0 atom stereocenters. The lowest BCUT2D eigenvalue weighted by atomic mass is 9.91. The summed E-state index contributed by atoms with van der Waals surface area (Å²) in [5, 5.41) is 7.99. The van der Waals surface area contributed by atoms with Gasteiger partial charge < -0.3 is 4.90 Å². The highest BCUT2D eigenvalue weighted by Crippen LogP contribution is 2.40. The van der Waals surface area contributed by atoms with Crippen molar-refractivity contribution in [1.82, 2.24) is 0 Å². The second kappa shape index (κ2) is 16.4. The zero-order valence-electron chi connectivity index (χ0n) is 33.3. The topological polar surface area (TPSA) is 3.24 Å². The molecule has 0 bridgehead atoms. The number of hydrogen-bond donors (Lipinski definition) is 0. The fraction of sp³-hybridized carbons (Fsp3) is 0. The first-order chi connectivity index (χ1) is 29.8. The van der Waals surface area contributed by atoms with E-state index in [1.165, 1.54) is 64.9 Å². The molecule has 60 heavy (non-hydrogen) atoms. The van der Waals surface area contributed by atoms with E-state index in [1.54, 1.807) is 0 Å². The summed E-state index contributed by atoms with van der Waals surface area (Å²) in [6.07, 6.45) is 0. The molecule has 0 spiro atoms. The minimum Gasteiger partial charge on any atom is -0.310 e. The van der Waals surface area contributed by atoms with Crippen LogP contribution in [0.4, 0.5) is 17.1 Å². The third kappa shape index (κ3) is 6.83. The van der Waals surface area contributed by atoms with Gasteiger partial charge in [-0.1, -0.05) is 224 Å². The first-order valence-corrected chi connectivity index (χ1v) is 22.7. The molecule has 10 aromatic rings. The highest BCUT2D eigenvalue weighted by molar-refractivity contribution is 7.19. The van der Waals surface area contributed by atoms with Gasteiger partial charge in [-0.25, -0.2) is 0 Å². The maximum atomic E-state index is 2.38. The second-order valence-electron chi connectivity index (χ2n) is 15.3. The van der Waals surface area contributed by atoms with E-state index in [0.717, 1.165) is 17.1 Å². The van der Waals surface area contributed by atoms with Gasteiger partial charge in [0.1, 0.15) is 0 Å². The fourth-order valence-electron chi connectivity index (χ4n) is 9.06. The van der Waals surface area contributed by atoms with E-state index in [2.05, 4.69) is 266 Å². The standard InChI is InChI=1S/C58H43NSi/c1-6-19-46(20-7-1)56-33-17-21-47-22-18-34-57(58(47)56)48-23-16-26-51(43-48)59(49-24-8-2-9-25-49)50-39-35-44(36-40-50)45-37-41-55(42-38-45)60(52-27-10-3-11-28-52,53-29-12-4-13-30-53)54-31-14-5-15-32-54/h1-43H. The van der Waals surface area contributed by atoms with Crippen molar-refractivity contribution in [2.24, 2.45) is 0 Å². The minimum atomic E-state index is -2.59. The average molecular weight is 782 g/mol. The van der Waals surface area contributed by atoms with Gasteiger partial charge in [-0.2, -0.15) is 0 Å². The lowest BCUT2D eigenvalue weighted by Crippen LogP contribution is -2.74. The molecule has 0 fully saturated rings. The van der Waals surface area contributed by atoms with Crippen LogP contribution >= 0.6 is 0 Å². The molecule has 284 valence electrons. The summed E-state index contributed by atoms with van der Waals surface area (Å²) in [5.74, 6) is 0. The monoisotopic (exact) mass is 781 g/mol. The maximum absolute atomic E-state index is 2.59. The number of benzene rings is 10. The Balaban J connectivity index is 1.03. The molecule has 2 heteroatoms. The van der Waals surface area contributed by atoms with E-state index in [9.17, 15) is 0 Å². The van der Waals surface area contributed by atoms with Crippen molar-refractivity contribution < 1.29 is 0 Å². The van der Waals surface area contributed by atoms with E-state index in [-0.39, 0.29) is 0 Å². The van der Waals surface area contributed by atoms with E-state index in [1.807, 2.05) is 0 Å². The highest BCUT2D eigenvalue weighted by atomic mass is 28.3. The molecule has 0 saturated carbocycles. The van der Waals surface area contributed by atoms with Gasteiger partial charge in [-0.15, -0.1) is 0 Å². The van der Waals surface area contributed by atoms with Crippen LogP contribution in [0.3, 0.4) is 0 Å². The zero-order valence-corrected chi connectivity index (χ0v) is 34.3. The Bertz CT molecular complexity index is 2880. The molecule has 0 aliphatic rings. The van der Waals surface area contributed by atoms with Gasteiger partial charge in [-0.3, -0.25) is 0 Å². The van der Waals surface area contributed by atoms with Crippen LogP contribution in [0, 0.1) is 0 Å². The molecule has 0 amide bonds. The van der Waals surface area contributed by atoms with Crippen LogP contribution in [0.25, 0.3) is 44.2 Å². The predicted molar refractivity (Wildman–Crippen MR) is 259 cm³/mol. The molecule has 0 aliphatic heterocycles. The molecule has 0 aromatic heterocycles. The lowest BCUT2D eigenvalue weighted by molar-refractivity contribution is 1.28. The van der Waals surface area contributed by atoms with Gasteiger partial charge >= 0.3 is 0 Å². The average Bonchev–Trinajstić information content (AvgIpc) is 3.34. The number of fused-ring (bicyclic) bond motifs is 1. The van der Waals surface area contributed by atoms with Crippen molar-refractivity contribution in [2.45, 2.75) is 0 Å². The number of nitrogens with zero attached hydrogens (tertiary/aromatic N) is 1. The van der Waals surface area contributed by atoms with Crippen molar-refractivity contribution in [3.8, 4) is 33.4 Å². The third-order valence-electron chi connectivity index (χ3n) is 11.8. The smallest absolute Gasteiger partial charge is 0.179 e. The molecule has 0 radical (unpaired) electrons. The number of hydrogen-bond acceptors (Lipinski definition) is 1. The summed E-state index contributed by atoms with van der Waals surface area (Å²) in [6.45, 7) is 0. The van der Waals surface area contributed by atoms with E-state index in [0.29, 0.717) is 0 Å². The summed E-state index contributed by atoms with van der Waals surface area (Å²) in [6, 6.07) is 95.4. The highest BCUT2D eigenvalue weighted by Gasteiger charge is 2.41. The predicted octanol–water partition coefficient (Wildman–Crippen LogP) is 12.7. The van der Waals surface area contributed by atoms with Crippen LogP contribution in [0.2, 0.25) is 0 Å². The number of anilines is 3. The van der Waals surface area contributed by atoms with Gasteiger partial charge in [0.15, 0.2) is 8.07 Å². The maximum Gasteiger partial charge on any atom is 0.179 e. The SMILES string of the molecule is c1ccc(-c2cccc3cccc(-c4cccc(N(c5ccccc5)c5ccc(-c6ccc([Si](c7ccccc7)(c7ccccc7)c7ccccc7)cc6)cc5)c4)c23)cc1. The molecule has 10 aromatic carbocycles. The number of rotatable bonds is 10. The Morgan fingerprint density at radius 1 is 0.250 bits per heavy atom. The Kier molecular flexibility index (Phi) is 10.0. The van der Waals surface area contributed by atoms with Crippen LogP contribution < -0.4 is 25.6 Å². The Morgan fingerprint density at radius 2 is 0.633 bits per heavy atom. The second-order valence-corrected chi connectivity index (χ2v) is 19.1. The molecule has 1 nitrogen and oxygen atoms in total. The summed E-state index contributed by atoms with van der Waals surface area (Å²) >= 11 is 0. The molecule has 0 aliphatic carbocycles. The Hall–Kier alpha value is -7.52. The van der Waals surface area contributed by atoms with E-state index >= 15 is 0 Å². The van der Waals surface area contributed by atoms with Crippen LogP contribution in [0.5, 0.6) is 0 Å². The largest absolute Gasteiger partial charge is 0.310 e. The van der Waals surface area contributed by atoms with Gasteiger partial charge in [0.2, 0.25) is 0 Å². The summed E-state index contributed by atoms with van der Waals surface area (Å²) < 4.78 is 0. The van der Waals surface area contributed by atoms with Crippen LogP contribution in [-0.4, -0.2) is 8.07 Å². The normalized spacial score (nSPS) is 11.3. The lowest BCUT2D eigenvalue weighted by Gasteiger charge is -2.34. The summed E-state index contributed by atoms with van der Waals surface area (Å²) in [4.78, 5) is 2.36. The third-order valence-corrected chi connectivity index (χ3v) is 16.6. The first-order valence-electron chi connectivity index (χ1n) is 20.7. The van der Waals surface area contributed by atoms with Crippen LogP contribution in [0.1, 0.15) is 0 Å². The Labute approximate surface area is 354 Å². The number of para-hydroxylation sites is 1. The molecular weight excluding hydrogens is 739 g/mol. The molecular formula is C58H43NSi. The first kappa shape index (κ1) is 36.8. The van der Waals surface area contributed by atoms with E-state index in [4.69, 9.17) is 0 Å². The molecule has 10 rings (SSSR count). The zero-order chi connectivity index (χ0) is 40.1. The molecule has 0 heterocycles. The van der Waals surface area contributed by atoms with Crippen molar-refractivity contribution in [3.63, 3.8) is 0 Å². The quantitative estimate of drug-likeness (QED) is 0.0987. The molecule has 0 N–H and O–H groups in total.